The minimum absolute atomic E-state index is 0.196. The lowest BCUT2D eigenvalue weighted by Crippen LogP contribution is -2.22. The van der Waals surface area contributed by atoms with E-state index in [1.54, 1.807) is 25.1 Å². The summed E-state index contributed by atoms with van der Waals surface area (Å²) < 4.78 is 26.4. The van der Waals surface area contributed by atoms with E-state index in [-0.39, 0.29) is 15.8 Å². The molecule has 0 aliphatic heterocycles. The third kappa shape index (κ3) is 4.12. The second-order valence-corrected chi connectivity index (χ2v) is 6.59. The molecule has 1 N–H and O–H groups in total. The molecule has 1 atom stereocenters. The van der Waals surface area contributed by atoms with Gasteiger partial charge in [0.05, 0.1) is 21.0 Å². The molecule has 0 aliphatic carbocycles. The third-order valence-electron chi connectivity index (χ3n) is 2.78. The van der Waals surface area contributed by atoms with Crippen molar-refractivity contribution in [2.45, 2.75) is 17.1 Å². The number of carbonyl (C=O) groups is 1. The molecule has 0 bridgehead atoms. The predicted molar refractivity (Wildman–Crippen MR) is 86.8 cm³/mol. The number of anilines is 1. The minimum atomic E-state index is -0.703. The average Bonchev–Trinajstić information content (AvgIpc) is 2.46. The van der Waals surface area contributed by atoms with E-state index in [0.29, 0.717) is 10.7 Å². The summed E-state index contributed by atoms with van der Waals surface area (Å²) in [5.41, 5.74) is 0.381. The second kappa shape index (κ2) is 7.31. The number of hydrogen-bond acceptors (Lipinski definition) is 2. The number of hydrogen-bond donors (Lipinski definition) is 1. The van der Waals surface area contributed by atoms with Crippen molar-refractivity contribution in [3.8, 4) is 0 Å². The first-order chi connectivity index (χ1) is 10.4. The fraction of sp³-hybridized carbons (Fsp3) is 0.133. The van der Waals surface area contributed by atoms with E-state index in [1.165, 1.54) is 6.07 Å². The van der Waals surface area contributed by atoms with Gasteiger partial charge in [-0.1, -0.05) is 29.3 Å². The molecular formula is C15H11Cl2F2NOS. The van der Waals surface area contributed by atoms with Gasteiger partial charge in [-0.2, -0.15) is 0 Å². The van der Waals surface area contributed by atoms with Gasteiger partial charge in [0.2, 0.25) is 5.91 Å². The Kier molecular flexibility index (Phi) is 5.67. The molecule has 1 unspecified atom stereocenters. The normalized spacial score (nSPS) is 12.0. The first-order valence-corrected chi connectivity index (χ1v) is 7.88. The molecule has 0 saturated heterocycles. The van der Waals surface area contributed by atoms with E-state index in [2.05, 4.69) is 5.32 Å². The van der Waals surface area contributed by atoms with Crippen molar-refractivity contribution in [1.82, 2.24) is 0 Å². The maximum atomic E-state index is 13.6. The lowest BCUT2D eigenvalue weighted by Gasteiger charge is -2.13. The highest BCUT2D eigenvalue weighted by atomic mass is 35.5. The third-order valence-corrected chi connectivity index (χ3v) is 4.75. The molecule has 0 radical (unpaired) electrons. The van der Waals surface area contributed by atoms with Crippen molar-refractivity contribution >= 4 is 46.6 Å². The van der Waals surface area contributed by atoms with Gasteiger partial charge in [-0.3, -0.25) is 4.79 Å². The van der Waals surface area contributed by atoms with Crippen LogP contribution in [0, 0.1) is 11.6 Å². The molecule has 0 heterocycles. The molecule has 0 fully saturated rings. The molecule has 116 valence electrons. The van der Waals surface area contributed by atoms with Gasteiger partial charge in [-0.15, -0.1) is 11.8 Å². The Hall–Kier alpha value is -1.30. The Balaban J connectivity index is 2.07. The van der Waals surface area contributed by atoms with Gasteiger partial charge in [0.1, 0.15) is 11.6 Å². The zero-order chi connectivity index (χ0) is 16.3. The molecule has 0 aromatic heterocycles. The van der Waals surface area contributed by atoms with Crippen LogP contribution < -0.4 is 5.32 Å². The van der Waals surface area contributed by atoms with E-state index in [4.69, 9.17) is 23.2 Å². The van der Waals surface area contributed by atoms with Crippen LogP contribution >= 0.6 is 35.0 Å². The van der Waals surface area contributed by atoms with Crippen molar-refractivity contribution in [1.29, 1.82) is 0 Å². The van der Waals surface area contributed by atoms with Crippen LogP contribution in [0.15, 0.2) is 41.3 Å². The summed E-state index contributed by atoms with van der Waals surface area (Å²) in [5.74, 6) is -1.73. The number of rotatable bonds is 4. The first kappa shape index (κ1) is 17.1. The maximum Gasteiger partial charge on any atom is 0.237 e. The van der Waals surface area contributed by atoms with Crippen LogP contribution in [0.2, 0.25) is 10.0 Å². The van der Waals surface area contributed by atoms with E-state index >= 15 is 0 Å². The monoisotopic (exact) mass is 361 g/mol. The molecule has 2 rings (SSSR count). The minimum Gasteiger partial charge on any atom is -0.324 e. The van der Waals surface area contributed by atoms with Gasteiger partial charge in [0.15, 0.2) is 0 Å². The second-order valence-electron chi connectivity index (χ2n) is 4.43. The highest BCUT2D eigenvalue weighted by Gasteiger charge is 2.18. The summed E-state index contributed by atoms with van der Waals surface area (Å²) in [7, 11) is 0. The average molecular weight is 362 g/mol. The van der Waals surface area contributed by atoms with Gasteiger partial charge in [-0.25, -0.2) is 8.78 Å². The molecule has 2 aromatic rings. The Labute approximate surface area is 140 Å². The highest BCUT2D eigenvalue weighted by molar-refractivity contribution is 8.00. The zero-order valence-electron chi connectivity index (χ0n) is 11.4. The molecule has 2 nitrogen and oxygen atoms in total. The van der Waals surface area contributed by atoms with E-state index in [1.807, 2.05) is 0 Å². The summed E-state index contributed by atoms with van der Waals surface area (Å²) in [6.45, 7) is 1.61. The number of carbonyl (C=O) groups excluding carboxylic acids is 1. The first-order valence-electron chi connectivity index (χ1n) is 6.25. The summed E-state index contributed by atoms with van der Waals surface area (Å²) in [6, 6.07) is 8.09. The van der Waals surface area contributed by atoms with Gasteiger partial charge in [0, 0.05) is 11.0 Å². The lowest BCUT2D eigenvalue weighted by molar-refractivity contribution is -0.115. The number of nitrogens with one attached hydrogen (secondary N) is 1. The van der Waals surface area contributed by atoms with Crippen molar-refractivity contribution < 1.29 is 13.6 Å². The molecule has 1 amide bonds. The molecule has 0 saturated carbocycles. The quantitative estimate of drug-likeness (QED) is 0.739. The van der Waals surface area contributed by atoms with E-state index in [9.17, 15) is 13.6 Å². The van der Waals surface area contributed by atoms with Crippen LogP contribution in [0.5, 0.6) is 0 Å². The van der Waals surface area contributed by atoms with Gasteiger partial charge < -0.3 is 5.32 Å². The fourth-order valence-corrected chi connectivity index (χ4v) is 2.86. The molecule has 0 spiro atoms. The Morgan fingerprint density at radius 1 is 1.23 bits per heavy atom. The number of amides is 1. The topological polar surface area (TPSA) is 29.1 Å². The Bertz CT molecular complexity index is 712. The molecular weight excluding hydrogens is 351 g/mol. The van der Waals surface area contributed by atoms with Crippen LogP contribution in [0.3, 0.4) is 0 Å². The lowest BCUT2D eigenvalue weighted by atomic mass is 10.3. The van der Waals surface area contributed by atoms with Gasteiger partial charge >= 0.3 is 0 Å². The molecule has 7 heteroatoms. The molecule has 0 aliphatic rings. The van der Waals surface area contributed by atoms with Crippen molar-refractivity contribution in [3.63, 3.8) is 0 Å². The van der Waals surface area contributed by atoms with Gasteiger partial charge in [0.25, 0.3) is 0 Å². The van der Waals surface area contributed by atoms with E-state index < -0.39 is 16.9 Å². The predicted octanol–water partition coefficient (Wildman–Crippen LogP) is 5.39. The number of thioether (sulfide) groups is 1. The van der Waals surface area contributed by atoms with Crippen molar-refractivity contribution in [3.05, 3.63) is 58.1 Å². The summed E-state index contributed by atoms with van der Waals surface area (Å²) in [6.07, 6.45) is 0. The van der Waals surface area contributed by atoms with Crippen LogP contribution in [0.4, 0.5) is 14.5 Å². The number of benzene rings is 2. The van der Waals surface area contributed by atoms with Crippen molar-refractivity contribution in [2.24, 2.45) is 0 Å². The van der Waals surface area contributed by atoms with Crippen LogP contribution in [-0.2, 0) is 4.79 Å². The van der Waals surface area contributed by atoms with Crippen LogP contribution in [-0.4, -0.2) is 11.2 Å². The fourth-order valence-electron chi connectivity index (χ4n) is 1.65. The summed E-state index contributed by atoms with van der Waals surface area (Å²) in [5, 5.41) is 2.59. The SMILES string of the molecule is CC(Sc1ccc(F)cc1F)C(=O)Nc1cccc(Cl)c1Cl. The van der Waals surface area contributed by atoms with Crippen LogP contribution in [0.1, 0.15) is 6.92 Å². The summed E-state index contributed by atoms with van der Waals surface area (Å²) in [4.78, 5) is 12.3. The number of halogens is 4. The smallest absolute Gasteiger partial charge is 0.237 e. The van der Waals surface area contributed by atoms with E-state index in [0.717, 1.165) is 23.9 Å². The van der Waals surface area contributed by atoms with Gasteiger partial charge in [-0.05, 0) is 31.2 Å². The standard InChI is InChI=1S/C15H11Cl2F2NOS/c1-8(22-13-6-5-9(18)7-11(13)19)15(21)20-12-4-2-3-10(16)14(12)17/h2-8H,1H3,(H,20,21). The molecule has 2 aromatic carbocycles. The highest BCUT2D eigenvalue weighted by Crippen LogP contribution is 2.31. The Morgan fingerprint density at radius 2 is 1.95 bits per heavy atom. The van der Waals surface area contributed by atoms with Crippen molar-refractivity contribution in [2.75, 3.05) is 5.32 Å². The van der Waals surface area contributed by atoms with Crippen LogP contribution in [0.25, 0.3) is 0 Å². The maximum absolute atomic E-state index is 13.6. The zero-order valence-corrected chi connectivity index (χ0v) is 13.7. The Morgan fingerprint density at radius 3 is 2.64 bits per heavy atom. The molecule has 22 heavy (non-hydrogen) atoms. The largest absolute Gasteiger partial charge is 0.324 e. The summed E-state index contributed by atoms with van der Waals surface area (Å²) >= 11 is 12.8.